The van der Waals surface area contributed by atoms with E-state index in [4.69, 9.17) is 9.26 Å². The minimum atomic E-state index is 0.178. The van der Waals surface area contributed by atoms with Crippen LogP contribution in [0.5, 0.6) is 5.75 Å². The van der Waals surface area contributed by atoms with Crippen molar-refractivity contribution in [1.29, 1.82) is 0 Å². The molecule has 0 N–H and O–H groups in total. The van der Waals surface area contributed by atoms with E-state index in [0.29, 0.717) is 0 Å². The minimum absolute atomic E-state index is 0.178. The average molecular weight is 339 g/mol. The van der Waals surface area contributed by atoms with E-state index in [1.54, 1.807) is 13.3 Å². The Hall–Kier alpha value is -2.03. The first kappa shape index (κ1) is 17.8. The standard InChI is InChI=1S/C22H29NO2/c1-7-15(12-16-8-11-23-25-16)17-13-18-19(14-20(17)24-6)22(4,5)10-9-21(18,2)3/h8,11-14H,7,9-10H2,1-6H3. The molecule has 0 spiro atoms. The molecule has 1 heterocycles. The quantitative estimate of drug-likeness (QED) is 0.687. The Bertz CT molecular complexity index is 783. The Kier molecular flexibility index (Phi) is 4.52. The van der Waals surface area contributed by atoms with Gasteiger partial charge in [-0.15, -0.1) is 0 Å². The van der Waals surface area contributed by atoms with E-state index in [1.807, 2.05) is 6.07 Å². The van der Waals surface area contributed by atoms with Gasteiger partial charge in [-0.1, -0.05) is 39.8 Å². The lowest BCUT2D eigenvalue weighted by Crippen LogP contribution is -2.34. The molecule has 3 nitrogen and oxygen atoms in total. The first-order chi connectivity index (χ1) is 11.8. The maximum Gasteiger partial charge on any atom is 0.159 e. The van der Waals surface area contributed by atoms with E-state index in [2.05, 4.69) is 58.0 Å². The van der Waals surface area contributed by atoms with Gasteiger partial charge in [0, 0.05) is 11.6 Å². The van der Waals surface area contributed by atoms with Gasteiger partial charge < -0.3 is 9.26 Å². The number of ether oxygens (including phenoxy) is 1. The van der Waals surface area contributed by atoms with E-state index >= 15 is 0 Å². The summed E-state index contributed by atoms with van der Waals surface area (Å²) in [5.74, 6) is 1.72. The van der Waals surface area contributed by atoms with E-state index in [9.17, 15) is 0 Å². The van der Waals surface area contributed by atoms with Crippen molar-refractivity contribution in [1.82, 2.24) is 5.16 Å². The van der Waals surface area contributed by atoms with Crippen LogP contribution in [-0.4, -0.2) is 12.3 Å². The van der Waals surface area contributed by atoms with Crippen LogP contribution in [0.15, 0.2) is 28.9 Å². The molecule has 0 bridgehead atoms. The van der Waals surface area contributed by atoms with Gasteiger partial charge >= 0.3 is 0 Å². The summed E-state index contributed by atoms with van der Waals surface area (Å²) in [6.45, 7) is 11.5. The average Bonchev–Trinajstić information content (AvgIpc) is 3.09. The molecule has 0 aliphatic heterocycles. The second-order valence-corrected chi connectivity index (χ2v) is 8.30. The summed E-state index contributed by atoms with van der Waals surface area (Å²) in [7, 11) is 1.76. The van der Waals surface area contributed by atoms with Crippen LogP contribution in [0.3, 0.4) is 0 Å². The molecular formula is C22H29NO2. The fourth-order valence-electron chi connectivity index (χ4n) is 3.86. The van der Waals surface area contributed by atoms with E-state index in [1.165, 1.54) is 29.5 Å². The van der Waals surface area contributed by atoms with Gasteiger partial charge in [-0.25, -0.2) is 0 Å². The fraction of sp³-hybridized carbons (Fsp3) is 0.500. The molecule has 3 rings (SSSR count). The van der Waals surface area contributed by atoms with Crippen molar-refractivity contribution < 1.29 is 9.26 Å². The van der Waals surface area contributed by atoms with Crippen molar-refractivity contribution in [3.63, 3.8) is 0 Å². The summed E-state index contributed by atoms with van der Waals surface area (Å²) in [5.41, 5.74) is 5.58. The largest absolute Gasteiger partial charge is 0.496 e. The molecule has 0 radical (unpaired) electrons. The van der Waals surface area contributed by atoms with Gasteiger partial charge in [0.2, 0.25) is 0 Å². The van der Waals surface area contributed by atoms with Crippen LogP contribution in [-0.2, 0) is 10.8 Å². The normalized spacial score (nSPS) is 18.7. The van der Waals surface area contributed by atoms with Crippen molar-refractivity contribution in [3.05, 3.63) is 46.8 Å². The highest BCUT2D eigenvalue weighted by Crippen LogP contribution is 2.48. The second kappa shape index (κ2) is 6.36. The van der Waals surface area contributed by atoms with E-state index in [-0.39, 0.29) is 10.8 Å². The lowest BCUT2D eigenvalue weighted by molar-refractivity contribution is 0.328. The summed E-state index contributed by atoms with van der Waals surface area (Å²) in [6.07, 6.45) is 7.04. The number of rotatable bonds is 4. The monoisotopic (exact) mass is 339 g/mol. The minimum Gasteiger partial charge on any atom is -0.496 e. The van der Waals surface area contributed by atoms with E-state index in [0.717, 1.165) is 23.5 Å². The van der Waals surface area contributed by atoms with Gasteiger partial charge in [-0.3, -0.25) is 0 Å². The molecule has 1 aliphatic rings. The molecule has 2 aromatic rings. The predicted molar refractivity (Wildman–Crippen MR) is 103 cm³/mol. The highest BCUT2D eigenvalue weighted by atomic mass is 16.5. The zero-order valence-corrected chi connectivity index (χ0v) is 16.3. The smallest absolute Gasteiger partial charge is 0.159 e. The lowest BCUT2D eigenvalue weighted by atomic mass is 9.62. The van der Waals surface area contributed by atoms with Crippen molar-refractivity contribution >= 4 is 11.6 Å². The van der Waals surface area contributed by atoms with Gasteiger partial charge in [0.1, 0.15) is 5.75 Å². The summed E-state index contributed by atoms with van der Waals surface area (Å²) >= 11 is 0. The molecule has 0 saturated heterocycles. The molecule has 0 atom stereocenters. The number of benzene rings is 1. The molecule has 1 aliphatic carbocycles. The van der Waals surface area contributed by atoms with Crippen molar-refractivity contribution in [2.24, 2.45) is 0 Å². The van der Waals surface area contributed by atoms with Crippen LogP contribution in [0.1, 0.15) is 76.3 Å². The molecule has 25 heavy (non-hydrogen) atoms. The third-order valence-corrected chi connectivity index (χ3v) is 5.67. The van der Waals surface area contributed by atoms with Crippen molar-refractivity contribution in [2.75, 3.05) is 7.11 Å². The highest BCUT2D eigenvalue weighted by Gasteiger charge is 2.38. The number of hydrogen-bond acceptors (Lipinski definition) is 3. The molecule has 0 amide bonds. The third-order valence-electron chi connectivity index (χ3n) is 5.67. The summed E-state index contributed by atoms with van der Waals surface area (Å²) < 4.78 is 11.1. The Morgan fingerprint density at radius 3 is 2.32 bits per heavy atom. The van der Waals surface area contributed by atoms with Crippen LogP contribution < -0.4 is 4.74 Å². The SMILES string of the molecule is CCC(=Cc1ccno1)c1cc2c(cc1OC)C(C)(C)CCC2(C)C. The predicted octanol–water partition coefficient (Wildman–Crippen LogP) is 5.98. The Balaban J connectivity index is 2.21. The summed E-state index contributed by atoms with van der Waals surface area (Å²) in [5, 5.41) is 3.81. The highest BCUT2D eigenvalue weighted by molar-refractivity contribution is 5.83. The third kappa shape index (κ3) is 3.24. The Morgan fingerprint density at radius 2 is 1.80 bits per heavy atom. The summed E-state index contributed by atoms with van der Waals surface area (Å²) in [4.78, 5) is 0. The van der Waals surface area contributed by atoms with Crippen molar-refractivity contribution in [3.8, 4) is 5.75 Å². The molecule has 134 valence electrons. The lowest BCUT2D eigenvalue weighted by Gasteiger charge is -2.42. The number of aromatic nitrogens is 1. The van der Waals surface area contributed by atoms with Gasteiger partial charge in [0.05, 0.1) is 13.3 Å². The first-order valence-electron chi connectivity index (χ1n) is 9.13. The Morgan fingerprint density at radius 1 is 1.16 bits per heavy atom. The Labute approximate surface area is 151 Å². The molecular weight excluding hydrogens is 310 g/mol. The van der Waals surface area contributed by atoms with Crippen LogP contribution in [0.4, 0.5) is 0 Å². The summed E-state index contributed by atoms with van der Waals surface area (Å²) in [6, 6.07) is 6.49. The maximum absolute atomic E-state index is 5.79. The maximum atomic E-state index is 5.79. The van der Waals surface area contributed by atoms with Gasteiger partial charge in [0.15, 0.2) is 5.76 Å². The molecule has 3 heteroatoms. The molecule has 0 fully saturated rings. The zero-order chi connectivity index (χ0) is 18.2. The molecule has 0 saturated carbocycles. The number of allylic oxidation sites excluding steroid dienone is 1. The molecule has 1 aromatic carbocycles. The zero-order valence-electron chi connectivity index (χ0n) is 16.3. The van der Waals surface area contributed by atoms with Crippen LogP contribution >= 0.6 is 0 Å². The number of fused-ring (bicyclic) bond motifs is 1. The van der Waals surface area contributed by atoms with E-state index < -0.39 is 0 Å². The number of methoxy groups -OCH3 is 1. The van der Waals surface area contributed by atoms with Gasteiger partial charge in [-0.05, 0) is 65.0 Å². The first-order valence-corrected chi connectivity index (χ1v) is 9.13. The van der Waals surface area contributed by atoms with Crippen LogP contribution in [0.25, 0.3) is 11.6 Å². The van der Waals surface area contributed by atoms with Gasteiger partial charge in [0.25, 0.3) is 0 Å². The fourth-order valence-corrected chi connectivity index (χ4v) is 3.86. The number of nitrogens with zero attached hydrogens (tertiary/aromatic N) is 1. The second-order valence-electron chi connectivity index (χ2n) is 8.30. The molecule has 0 unspecified atom stereocenters. The topological polar surface area (TPSA) is 35.3 Å². The van der Waals surface area contributed by atoms with Crippen LogP contribution in [0.2, 0.25) is 0 Å². The number of hydrogen-bond donors (Lipinski definition) is 0. The van der Waals surface area contributed by atoms with Crippen molar-refractivity contribution in [2.45, 2.75) is 64.7 Å². The molecule has 1 aromatic heterocycles. The van der Waals surface area contributed by atoms with Crippen LogP contribution in [0, 0.1) is 0 Å². The van der Waals surface area contributed by atoms with Gasteiger partial charge in [-0.2, -0.15) is 0 Å².